The number of hydrogen-bond acceptors (Lipinski definition) is 6. The number of benzene rings is 1. The topological polar surface area (TPSA) is 94.7 Å². The minimum Gasteiger partial charge on any atom is -0.469 e. The van der Waals surface area contributed by atoms with Gasteiger partial charge in [-0.05, 0) is 50.8 Å². The second kappa shape index (κ2) is 9.41. The molecule has 0 atom stereocenters. The maximum absolute atomic E-state index is 12.6. The second-order valence-electron chi connectivity index (χ2n) is 7.62. The molecule has 7 heteroatoms. The molecule has 0 aliphatic carbocycles. The van der Waals surface area contributed by atoms with Crippen LogP contribution < -0.4 is 0 Å². The molecule has 0 fully saturated rings. The first-order chi connectivity index (χ1) is 13.6. The van der Waals surface area contributed by atoms with Crippen LogP contribution in [0, 0.1) is 6.92 Å². The molecule has 1 aromatic carbocycles. The summed E-state index contributed by atoms with van der Waals surface area (Å²) < 4.78 is 15.5. The minimum absolute atomic E-state index is 0.0729. The SMILES string of the molecule is COC(=O)CCc1c(C(=O)OC(C)(C)C)[nH]c(C(=O)OCc2ccccc2)c1C. The van der Waals surface area contributed by atoms with Gasteiger partial charge in [0, 0.05) is 6.42 Å². The Bertz CT molecular complexity index is 877. The first-order valence-corrected chi connectivity index (χ1v) is 9.35. The molecule has 0 radical (unpaired) electrons. The van der Waals surface area contributed by atoms with Crippen LogP contribution in [0.2, 0.25) is 0 Å². The number of hydrogen-bond donors (Lipinski definition) is 1. The molecule has 0 bridgehead atoms. The van der Waals surface area contributed by atoms with Crippen molar-refractivity contribution in [2.24, 2.45) is 0 Å². The van der Waals surface area contributed by atoms with Crippen molar-refractivity contribution in [2.45, 2.75) is 52.7 Å². The summed E-state index contributed by atoms with van der Waals surface area (Å²) >= 11 is 0. The molecule has 7 nitrogen and oxygen atoms in total. The molecular formula is C22H27NO6. The van der Waals surface area contributed by atoms with Crippen LogP contribution >= 0.6 is 0 Å². The summed E-state index contributed by atoms with van der Waals surface area (Å²) in [6.45, 7) is 7.07. The number of aromatic nitrogens is 1. The Kier molecular flexibility index (Phi) is 7.20. The second-order valence-corrected chi connectivity index (χ2v) is 7.62. The van der Waals surface area contributed by atoms with Gasteiger partial charge in [0.2, 0.25) is 0 Å². The van der Waals surface area contributed by atoms with E-state index in [0.717, 1.165) is 5.56 Å². The van der Waals surface area contributed by atoms with Crippen molar-refractivity contribution in [3.63, 3.8) is 0 Å². The molecule has 0 aliphatic heterocycles. The fourth-order valence-electron chi connectivity index (χ4n) is 2.78. The van der Waals surface area contributed by atoms with Crippen LogP contribution in [0.1, 0.15) is 64.9 Å². The van der Waals surface area contributed by atoms with Crippen LogP contribution in [0.25, 0.3) is 0 Å². The number of aromatic amines is 1. The normalized spacial score (nSPS) is 11.1. The van der Waals surface area contributed by atoms with E-state index in [9.17, 15) is 14.4 Å². The number of methoxy groups -OCH3 is 1. The number of ether oxygens (including phenoxy) is 3. The van der Waals surface area contributed by atoms with E-state index in [0.29, 0.717) is 11.1 Å². The number of nitrogens with one attached hydrogen (secondary N) is 1. The van der Waals surface area contributed by atoms with E-state index in [1.165, 1.54) is 7.11 Å². The molecule has 0 unspecified atom stereocenters. The minimum atomic E-state index is -0.705. The number of carbonyl (C=O) groups is 3. The van der Waals surface area contributed by atoms with E-state index < -0.39 is 23.5 Å². The smallest absolute Gasteiger partial charge is 0.355 e. The summed E-state index contributed by atoms with van der Waals surface area (Å²) in [7, 11) is 1.30. The number of rotatable bonds is 7. The van der Waals surface area contributed by atoms with Crippen molar-refractivity contribution in [1.82, 2.24) is 4.98 Å². The third-order valence-electron chi connectivity index (χ3n) is 4.21. The zero-order valence-corrected chi connectivity index (χ0v) is 17.5. The van der Waals surface area contributed by atoms with Crippen molar-refractivity contribution in [3.8, 4) is 0 Å². The molecule has 2 rings (SSSR count). The largest absolute Gasteiger partial charge is 0.469 e. The van der Waals surface area contributed by atoms with Crippen molar-refractivity contribution >= 4 is 17.9 Å². The van der Waals surface area contributed by atoms with Gasteiger partial charge >= 0.3 is 17.9 Å². The predicted molar refractivity (Wildman–Crippen MR) is 107 cm³/mol. The summed E-state index contributed by atoms with van der Waals surface area (Å²) in [6.07, 6.45) is 0.305. The molecule has 0 spiro atoms. The van der Waals surface area contributed by atoms with Crippen molar-refractivity contribution in [1.29, 1.82) is 0 Å². The Labute approximate surface area is 170 Å². The average molecular weight is 401 g/mol. The summed E-state index contributed by atoms with van der Waals surface area (Å²) in [5.74, 6) is -1.59. The van der Waals surface area contributed by atoms with Crippen LogP contribution in [0.4, 0.5) is 0 Å². The zero-order chi connectivity index (χ0) is 21.6. The molecule has 0 saturated carbocycles. The third kappa shape index (κ3) is 6.20. The van der Waals surface area contributed by atoms with Crippen LogP contribution in [-0.4, -0.2) is 35.6 Å². The van der Waals surface area contributed by atoms with Gasteiger partial charge in [0.05, 0.1) is 7.11 Å². The maximum atomic E-state index is 12.6. The quantitative estimate of drug-likeness (QED) is 0.561. The van der Waals surface area contributed by atoms with Gasteiger partial charge in [0.1, 0.15) is 23.6 Å². The van der Waals surface area contributed by atoms with Gasteiger partial charge in [-0.15, -0.1) is 0 Å². The van der Waals surface area contributed by atoms with E-state index in [1.807, 2.05) is 30.3 Å². The van der Waals surface area contributed by atoms with Crippen molar-refractivity contribution < 1.29 is 28.6 Å². The zero-order valence-electron chi connectivity index (χ0n) is 17.5. The Balaban J connectivity index is 2.28. The fraction of sp³-hybridized carbons (Fsp3) is 0.409. The fourth-order valence-corrected chi connectivity index (χ4v) is 2.78. The number of H-pyrrole nitrogens is 1. The Morgan fingerprint density at radius 2 is 1.66 bits per heavy atom. The Morgan fingerprint density at radius 1 is 1.00 bits per heavy atom. The van der Waals surface area contributed by atoms with E-state index in [4.69, 9.17) is 9.47 Å². The molecule has 0 aliphatic rings. The molecule has 1 heterocycles. The highest BCUT2D eigenvalue weighted by Crippen LogP contribution is 2.24. The highest BCUT2D eigenvalue weighted by molar-refractivity contribution is 5.96. The van der Waals surface area contributed by atoms with E-state index in [1.54, 1.807) is 27.7 Å². The molecule has 29 heavy (non-hydrogen) atoms. The maximum Gasteiger partial charge on any atom is 0.355 e. The van der Waals surface area contributed by atoms with Gasteiger partial charge in [0.25, 0.3) is 0 Å². The molecule has 2 aromatic rings. The van der Waals surface area contributed by atoms with Crippen LogP contribution in [0.5, 0.6) is 0 Å². The van der Waals surface area contributed by atoms with Gasteiger partial charge in [0.15, 0.2) is 0 Å². The first kappa shape index (κ1) is 22.2. The lowest BCUT2D eigenvalue weighted by atomic mass is 10.0. The van der Waals surface area contributed by atoms with Gasteiger partial charge < -0.3 is 19.2 Å². The van der Waals surface area contributed by atoms with Gasteiger partial charge in [-0.1, -0.05) is 30.3 Å². The number of esters is 3. The summed E-state index contributed by atoms with van der Waals surface area (Å²) in [5, 5.41) is 0. The molecule has 0 amide bonds. The molecule has 0 saturated heterocycles. The molecular weight excluding hydrogens is 374 g/mol. The summed E-state index contributed by atoms with van der Waals surface area (Å²) in [4.78, 5) is 39.7. The van der Waals surface area contributed by atoms with Gasteiger partial charge in [-0.2, -0.15) is 0 Å². The number of carbonyl (C=O) groups excluding carboxylic acids is 3. The van der Waals surface area contributed by atoms with Crippen LogP contribution in [0.3, 0.4) is 0 Å². The van der Waals surface area contributed by atoms with E-state index >= 15 is 0 Å². The third-order valence-corrected chi connectivity index (χ3v) is 4.21. The highest BCUT2D eigenvalue weighted by atomic mass is 16.6. The van der Waals surface area contributed by atoms with Crippen LogP contribution in [-0.2, 0) is 32.0 Å². The van der Waals surface area contributed by atoms with E-state index in [2.05, 4.69) is 9.72 Å². The Hall–Kier alpha value is -3.09. The molecule has 1 aromatic heterocycles. The lowest BCUT2D eigenvalue weighted by Gasteiger charge is -2.19. The van der Waals surface area contributed by atoms with Crippen molar-refractivity contribution in [3.05, 3.63) is 58.4 Å². The van der Waals surface area contributed by atoms with Crippen molar-refractivity contribution in [2.75, 3.05) is 7.11 Å². The molecule has 156 valence electrons. The summed E-state index contributed by atoms with van der Waals surface area (Å²) in [6, 6.07) is 9.29. The average Bonchev–Trinajstić information content (AvgIpc) is 3.00. The van der Waals surface area contributed by atoms with Gasteiger partial charge in [-0.3, -0.25) is 4.79 Å². The van der Waals surface area contributed by atoms with Crippen LogP contribution in [0.15, 0.2) is 30.3 Å². The highest BCUT2D eigenvalue weighted by Gasteiger charge is 2.28. The van der Waals surface area contributed by atoms with Gasteiger partial charge in [-0.25, -0.2) is 9.59 Å². The lowest BCUT2D eigenvalue weighted by Crippen LogP contribution is -2.25. The van der Waals surface area contributed by atoms with E-state index in [-0.39, 0.29) is 30.8 Å². The standard InChI is InChI=1S/C22H27NO6/c1-14-16(11-12-17(24)27-5)19(21(26)29-22(2,3)4)23-18(14)20(25)28-13-15-9-7-6-8-10-15/h6-10,23H,11-13H2,1-5H3. The first-order valence-electron chi connectivity index (χ1n) is 9.35. The summed E-state index contributed by atoms with van der Waals surface area (Å²) in [5.41, 5.74) is 1.55. The monoisotopic (exact) mass is 401 g/mol. The predicted octanol–water partition coefficient (Wildman–Crippen LogP) is 3.74. The molecule has 1 N–H and O–H groups in total. The Morgan fingerprint density at radius 3 is 2.24 bits per heavy atom. The lowest BCUT2D eigenvalue weighted by molar-refractivity contribution is -0.140.